The van der Waals surface area contributed by atoms with Gasteiger partial charge in [-0.2, -0.15) is 5.10 Å². The first-order chi connectivity index (χ1) is 13.3. The number of halogens is 2. The zero-order valence-corrected chi connectivity index (χ0v) is 15.9. The molecule has 4 rings (SSSR count). The van der Waals surface area contributed by atoms with Gasteiger partial charge in [0.1, 0.15) is 22.8 Å². The lowest BCUT2D eigenvalue weighted by atomic mass is 10.0. The van der Waals surface area contributed by atoms with Crippen LogP contribution in [-0.2, 0) is 14.1 Å². The van der Waals surface area contributed by atoms with Gasteiger partial charge in [0.25, 0.3) is 5.56 Å². The van der Waals surface area contributed by atoms with Crippen LogP contribution in [0.2, 0.25) is 5.02 Å². The third-order valence-corrected chi connectivity index (χ3v) is 4.66. The maximum atomic E-state index is 13.3. The monoisotopic (exact) mass is 398 g/mol. The fourth-order valence-corrected chi connectivity index (χ4v) is 3.27. The van der Waals surface area contributed by atoms with E-state index in [1.54, 1.807) is 49.4 Å². The summed E-state index contributed by atoms with van der Waals surface area (Å²) in [6.07, 6.45) is 3.36. The van der Waals surface area contributed by atoms with Crippen LogP contribution in [0.3, 0.4) is 0 Å². The highest BCUT2D eigenvalue weighted by Gasteiger charge is 2.17. The predicted octanol–water partition coefficient (Wildman–Crippen LogP) is 4.11. The quantitative estimate of drug-likeness (QED) is 0.527. The lowest BCUT2D eigenvalue weighted by molar-refractivity contribution is 0.482. The van der Waals surface area contributed by atoms with Crippen LogP contribution in [0.25, 0.3) is 22.0 Å². The van der Waals surface area contributed by atoms with Crippen molar-refractivity contribution in [3.63, 3.8) is 0 Å². The third kappa shape index (κ3) is 3.10. The second kappa shape index (κ2) is 6.69. The number of pyridine rings is 1. The van der Waals surface area contributed by atoms with Crippen molar-refractivity contribution < 1.29 is 9.13 Å². The minimum absolute atomic E-state index is 0.145. The molecule has 142 valence electrons. The number of benzene rings is 2. The van der Waals surface area contributed by atoms with Crippen LogP contribution in [0, 0.1) is 5.82 Å². The highest BCUT2D eigenvalue weighted by atomic mass is 35.5. The lowest BCUT2D eigenvalue weighted by Gasteiger charge is -2.14. The highest BCUT2D eigenvalue weighted by Crippen LogP contribution is 2.39. The van der Waals surface area contributed by atoms with Crippen LogP contribution in [0.1, 0.15) is 0 Å². The Morgan fingerprint density at radius 1 is 1.07 bits per heavy atom. The normalized spacial score (nSPS) is 11.1. The van der Waals surface area contributed by atoms with Gasteiger partial charge in [0, 0.05) is 43.3 Å². The molecule has 0 aliphatic rings. The van der Waals surface area contributed by atoms with E-state index in [9.17, 15) is 9.18 Å². The molecule has 2 aromatic carbocycles. The molecule has 4 aromatic rings. The Morgan fingerprint density at radius 2 is 1.82 bits per heavy atom. The fraction of sp³-hybridized carbons (Fsp3) is 0.100. The van der Waals surface area contributed by atoms with E-state index in [0.29, 0.717) is 39.2 Å². The molecule has 8 heteroatoms. The average molecular weight is 399 g/mol. The van der Waals surface area contributed by atoms with Crippen LogP contribution >= 0.6 is 11.6 Å². The van der Waals surface area contributed by atoms with Crippen molar-refractivity contribution in [2.75, 3.05) is 5.73 Å². The first-order valence-electron chi connectivity index (χ1n) is 8.39. The maximum Gasteiger partial charge on any atom is 0.261 e. The molecule has 2 N–H and O–H groups in total. The third-order valence-electron chi connectivity index (χ3n) is 4.37. The second-order valence-electron chi connectivity index (χ2n) is 6.46. The molecule has 2 heterocycles. The van der Waals surface area contributed by atoms with Crippen LogP contribution in [0.15, 0.2) is 53.6 Å². The summed E-state index contributed by atoms with van der Waals surface area (Å²) >= 11 is 6.10. The Bertz CT molecular complexity index is 1280. The molecule has 0 aliphatic carbocycles. The number of anilines is 1. The summed E-state index contributed by atoms with van der Waals surface area (Å²) in [5.41, 5.74) is 8.22. The standard InChI is InChI=1S/C20H16ClFN4O2/c1-25-9-14(19-15(20(25)27)10-26(2)24-19)13-8-12(23)4-6-17(13)28-18-5-3-11(22)7-16(18)21/h3-10H,23H2,1-2H3. The molecule has 0 radical (unpaired) electrons. The summed E-state index contributed by atoms with van der Waals surface area (Å²) in [4.78, 5) is 12.4. The van der Waals surface area contributed by atoms with Gasteiger partial charge in [-0.05, 0) is 36.4 Å². The molecule has 0 atom stereocenters. The molecule has 0 bridgehead atoms. The van der Waals surface area contributed by atoms with Crippen molar-refractivity contribution in [1.29, 1.82) is 0 Å². The number of nitrogens with two attached hydrogens (primary N) is 1. The molecule has 0 unspecified atom stereocenters. The predicted molar refractivity (Wildman–Crippen MR) is 107 cm³/mol. The van der Waals surface area contributed by atoms with Crippen LogP contribution in [0.5, 0.6) is 11.5 Å². The van der Waals surface area contributed by atoms with E-state index in [4.69, 9.17) is 22.1 Å². The van der Waals surface area contributed by atoms with E-state index >= 15 is 0 Å². The number of rotatable bonds is 3. The van der Waals surface area contributed by atoms with Gasteiger partial charge in [-0.1, -0.05) is 11.6 Å². The van der Waals surface area contributed by atoms with E-state index < -0.39 is 5.82 Å². The van der Waals surface area contributed by atoms with E-state index in [0.717, 1.165) is 0 Å². The molecular formula is C20H16ClFN4O2. The van der Waals surface area contributed by atoms with Crippen molar-refractivity contribution in [3.05, 3.63) is 70.0 Å². The van der Waals surface area contributed by atoms with Crippen LogP contribution in [0.4, 0.5) is 10.1 Å². The number of hydrogen-bond donors (Lipinski definition) is 1. The molecule has 0 amide bonds. The number of aromatic nitrogens is 3. The number of hydrogen-bond acceptors (Lipinski definition) is 4. The molecule has 0 aliphatic heterocycles. The largest absolute Gasteiger partial charge is 0.455 e. The van der Waals surface area contributed by atoms with Crippen molar-refractivity contribution >= 4 is 28.2 Å². The van der Waals surface area contributed by atoms with Gasteiger partial charge in [-0.15, -0.1) is 0 Å². The van der Waals surface area contributed by atoms with Crippen molar-refractivity contribution in [2.24, 2.45) is 14.1 Å². The average Bonchev–Trinajstić information content (AvgIpc) is 3.04. The Morgan fingerprint density at radius 3 is 2.57 bits per heavy atom. The van der Waals surface area contributed by atoms with E-state index in [1.165, 1.54) is 22.8 Å². The Kier molecular flexibility index (Phi) is 4.31. The van der Waals surface area contributed by atoms with Gasteiger partial charge < -0.3 is 15.0 Å². The molecule has 28 heavy (non-hydrogen) atoms. The number of ether oxygens (including phenoxy) is 1. The Balaban J connectivity index is 1.94. The fourth-order valence-electron chi connectivity index (χ4n) is 3.07. The smallest absolute Gasteiger partial charge is 0.261 e. The summed E-state index contributed by atoms with van der Waals surface area (Å²) in [6.45, 7) is 0. The van der Waals surface area contributed by atoms with E-state index in [1.807, 2.05) is 0 Å². The van der Waals surface area contributed by atoms with Crippen molar-refractivity contribution in [3.8, 4) is 22.6 Å². The number of aryl methyl sites for hydroxylation is 2. The Hall–Kier alpha value is -3.32. The van der Waals surface area contributed by atoms with Crippen molar-refractivity contribution in [1.82, 2.24) is 14.3 Å². The van der Waals surface area contributed by atoms with Crippen LogP contribution in [-0.4, -0.2) is 14.3 Å². The lowest BCUT2D eigenvalue weighted by Crippen LogP contribution is -2.16. The SMILES string of the molecule is Cn1cc2c(=O)n(C)cc(-c3cc(N)ccc3Oc3ccc(F)cc3Cl)c2n1. The number of nitrogen functional groups attached to an aromatic ring is 1. The molecular weight excluding hydrogens is 383 g/mol. The first kappa shape index (κ1) is 18.1. The zero-order chi connectivity index (χ0) is 20.0. The first-order valence-corrected chi connectivity index (χ1v) is 8.77. The molecule has 0 fully saturated rings. The topological polar surface area (TPSA) is 75.1 Å². The van der Waals surface area contributed by atoms with Gasteiger partial charge in [0.05, 0.1) is 10.4 Å². The van der Waals surface area contributed by atoms with E-state index in [-0.39, 0.29) is 10.6 Å². The summed E-state index contributed by atoms with van der Waals surface area (Å²) in [7, 11) is 3.42. The van der Waals surface area contributed by atoms with Crippen LogP contribution < -0.4 is 16.0 Å². The summed E-state index contributed by atoms with van der Waals surface area (Å²) < 4.78 is 22.4. The Labute approximate surface area is 164 Å². The molecule has 0 saturated heterocycles. The highest BCUT2D eigenvalue weighted by molar-refractivity contribution is 6.32. The minimum Gasteiger partial charge on any atom is -0.455 e. The number of fused-ring (bicyclic) bond motifs is 1. The van der Waals surface area contributed by atoms with Gasteiger partial charge in [0.15, 0.2) is 0 Å². The second-order valence-corrected chi connectivity index (χ2v) is 6.86. The molecule has 0 spiro atoms. The molecule has 0 saturated carbocycles. The van der Waals surface area contributed by atoms with E-state index in [2.05, 4.69) is 5.10 Å². The van der Waals surface area contributed by atoms with Gasteiger partial charge in [-0.25, -0.2) is 4.39 Å². The number of nitrogens with zero attached hydrogens (tertiary/aromatic N) is 3. The summed E-state index contributed by atoms with van der Waals surface area (Å²) in [6, 6.07) is 9.02. The van der Waals surface area contributed by atoms with Crippen molar-refractivity contribution in [2.45, 2.75) is 0 Å². The zero-order valence-electron chi connectivity index (χ0n) is 15.1. The summed E-state index contributed by atoms with van der Waals surface area (Å²) in [5, 5.41) is 5.06. The molecule has 2 aromatic heterocycles. The summed E-state index contributed by atoms with van der Waals surface area (Å²) in [5.74, 6) is 0.299. The minimum atomic E-state index is -0.455. The van der Waals surface area contributed by atoms with Gasteiger partial charge in [-0.3, -0.25) is 9.48 Å². The maximum absolute atomic E-state index is 13.3. The molecule has 6 nitrogen and oxygen atoms in total. The van der Waals surface area contributed by atoms with Gasteiger partial charge in [0.2, 0.25) is 0 Å². The van der Waals surface area contributed by atoms with Gasteiger partial charge >= 0.3 is 0 Å².